The molecular weight excluding hydrogens is 336 g/mol. The molecule has 0 saturated carbocycles. The zero-order chi connectivity index (χ0) is 17.0. The molecule has 0 aliphatic heterocycles. The van der Waals surface area contributed by atoms with Crippen LogP contribution in [0.1, 0.15) is 73.6 Å². The first-order chi connectivity index (χ1) is 11.1. The number of hydrogen-bond acceptors (Lipinski definition) is 3. The molecule has 3 heteroatoms. The lowest BCUT2D eigenvalue weighted by Gasteiger charge is -2.06. The maximum atomic E-state index is 2.31. The van der Waals surface area contributed by atoms with Gasteiger partial charge in [0.25, 0.3) is 0 Å². The second-order valence-electron chi connectivity index (χ2n) is 5.76. The highest BCUT2D eigenvalue weighted by atomic mass is 32.2. The van der Waals surface area contributed by atoms with Crippen molar-refractivity contribution in [3.63, 3.8) is 0 Å². The summed E-state index contributed by atoms with van der Waals surface area (Å²) in [6, 6.07) is 0. The Balaban J connectivity index is 2.47. The van der Waals surface area contributed by atoms with Crippen LogP contribution in [-0.4, -0.2) is 0 Å². The van der Waals surface area contributed by atoms with Gasteiger partial charge in [0, 0.05) is 9.75 Å². The molecule has 0 nitrogen and oxygen atoms in total. The molecule has 0 spiro atoms. The van der Waals surface area contributed by atoms with Gasteiger partial charge in [0.05, 0.1) is 8.42 Å². The maximum Gasteiger partial charge on any atom is 0.0692 e. The Morgan fingerprint density at radius 2 is 0.870 bits per heavy atom. The van der Waals surface area contributed by atoms with Gasteiger partial charge in [0.1, 0.15) is 0 Å². The summed E-state index contributed by atoms with van der Waals surface area (Å²) in [4.78, 5) is 3.21. The van der Waals surface area contributed by atoms with Crippen molar-refractivity contribution in [1.29, 1.82) is 0 Å². The highest BCUT2D eigenvalue weighted by molar-refractivity contribution is 8.03. The van der Waals surface area contributed by atoms with E-state index in [0.717, 1.165) is 12.8 Å². The van der Waals surface area contributed by atoms with Crippen molar-refractivity contribution < 1.29 is 0 Å². The summed E-state index contributed by atoms with van der Waals surface area (Å²) in [6.07, 6.45) is 7.02. The molecule has 2 aromatic heterocycles. The predicted molar refractivity (Wildman–Crippen MR) is 109 cm³/mol. The molecule has 0 amide bonds. The lowest BCUT2D eigenvalue weighted by atomic mass is 10.1. The molecule has 0 bridgehead atoms. The number of thiophene rings is 2. The highest BCUT2D eigenvalue weighted by Gasteiger charge is 2.20. The molecule has 2 rings (SSSR count). The standard InChI is InChI=1S/C20H30S3/c1-7-13-15(9-3)19(21-17(13)11-5)23-20-16(10-4)14(8-2)18(12-6)22-20/h7-12H2,1-6H3. The Kier molecular flexibility index (Phi) is 7.24. The van der Waals surface area contributed by atoms with Crippen molar-refractivity contribution in [3.8, 4) is 0 Å². The minimum absolute atomic E-state index is 1.16. The Labute approximate surface area is 154 Å². The van der Waals surface area contributed by atoms with E-state index in [0.29, 0.717) is 0 Å². The Hall–Kier alpha value is -0.250. The van der Waals surface area contributed by atoms with E-state index in [9.17, 15) is 0 Å². The monoisotopic (exact) mass is 366 g/mol. The van der Waals surface area contributed by atoms with E-state index in [1.54, 1.807) is 40.4 Å². The van der Waals surface area contributed by atoms with Gasteiger partial charge in [0.15, 0.2) is 0 Å². The van der Waals surface area contributed by atoms with Crippen LogP contribution < -0.4 is 0 Å². The number of aryl methyl sites for hydroxylation is 2. The fraction of sp³-hybridized carbons (Fsp3) is 0.600. The fourth-order valence-electron chi connectivity index (χ4n) is 3.41. The molecule has 0 aliphatic rings. The smallest absolute Gasteiger partial charge is 0.0692 e. The fourth-order valence-corrected chi connectivity index (χ4v) is 8.25. The van der Waals surface area contributed by atoms with Gasteiger partial charge in [-0.15, -0.1) is 22.7 Å². The second kappa shape index (κ2) is 8.73. The normalized spacial score (nSPS) is 11.4. The Morgan fingerprint density at radius 1 is 0.522 bits per heavy atom. The van der Waals surface area contributed by atoms with Crippen LogP contribution in [0.5, 0.6) is 0 Å². The molecule has 0 saturated heterocycles. The van der Waals surface area contributed by atoms with Gasteiger partial charge in [-0.3, -0.25) is 0 Å². The van der Waals surface area contributed by atoms with Gasteiger partial charge in [-0.1, -0.05) is 53.3 Å². The largest absolute Gasteiger partial charge is 0.133 e. The third kappa shape index (κ3) is 3.72. The van der Waals surface area contributed by atoms with E-state index in [-0.39, 0.29) is 0 Å². The number of hydrogen-bond donors (Lipinski definition) is 0. The van der Waals surface area contributed by atoms with E-state index >= 15 is 0 Å². The predicted octanol–water partition coefficient (Wildman–Crippen LogP) is 7.34. The minimum atomic E-state index is 1.16. The van der Waals surface area contributed by atoms with Gasteiger partial charge in [-0.05, 0) is 60.8 Å². The second-order valence-corrected chi connectivity index (χ2v) is 9.51. The van der Waals surface area contributed by atoms with Gasteiger partial charge < -0.3 is 0 Å². The van der Waals surface area contributed by atoms with Crippen molar-refractivity contribution >= 4 is 34.4 Å². The lowest BCUT2D eigenvalue weighted by Crippen LogP contribution is -1.91. The van der Waals surface area contributed by atoms with Crippen LogP contribution in [0.15, 0.2) is 8.42 Å². The zero-order valence-electron chi connectivity index (χ0n) is 15.5. The van der Waals surface area contributed by atoms with Crippen molar-refractivity contribution in [3.05, 3.63) is 32.0 Å². The first-order valence-electron chi connectivity index (χ1n) is 9.09. The van der Waals surface area contributed by atoms with E-state index < -0.39 is 0 Å². The summed E-state index contributed by atoms with van der Waals surface area (Å²) < 4.78 is 3.12. The maximum absolute atomic E-state index is 2.31. The van der Waals surface area contributed by atoms with Crippen molar-refractivity contribution in [1.82, 2.24) is 0 Å². The average molecular weight is 367 g/mol. The molecule has 2 aromatic rings. The molecule has 0 radical (unpaired) electrons. The highest BCUT2D eigenvalue weighted by Crippen LogP contribution is 2.46. The summed E-state index contributed by atoms with van der Waals surface area (Å²) in [5.41, 5.74) is 6.49. The van der Waals surface area contributed by atoms with Crippen LogP contribution in [0.3, 0.4) is 0 Å². The van der Waals surface area contributed by atoms with Crippen LogP contribution in [-0.2, 0) is 38.5 Å². The third-order valence-corrected chi connectivity index (χ3v) is 8.86. The third-order valence-electron chi connectivity index (χ3n) is 4.57. The summed E-state index contributed by atoms with van der Waals surface area (Å²) in [5.74, 6) is 0. The van der Waals surface area contributed by atoms with Crippen molar-refractivity contribution in [2.24, 2.45) is 0 Å². The van der Waals surface area contributed by atoms with Crippen molar-refractivity contribution in [2.45, 2.75) is 88.5 Å². The molecule has 0 unspecified atom stereocenters. The molecule has 0 aliphatic carbocycles. The molecule has 2 heterocycles. The van der Waals surface area contributed by atoms with Gasteiger partial charge in [-0.2, -0.15) is 0 Å². The quantitative estimate of drug-likeness (QED) is 0.471. The molecule has 0 fully saturated rings. The summed E-state index contributed by atoms with van der Waals surface area (Å²) in [7, 11) is 0. The molecule has 23 heavy (non-hydrogen) atoms. The zero-order valence-corrected chi connectivity index (χ0v) is 17.9. The van der Waals surface area contributed by atoms with Gasteiger partial charge in [-0.25, -0.2) is 0 Å². The van der Waals surface area contributed by atoms with E-state index in [1.165, 1.54) is 25.7 Å². The molecule has 0 atom stereocenters. The SMILES string of the molecule is CCc1sc(Sc2sc(CC)c(CC)c2CC)c(CC)c1CC. The Morgan fingerprint density at radius 3 is 1.13 bits per heavy atom. The summed E-state index contributed by atoms with van der Waals surface area (Å²) in [5, 5.41) is 0. The van der Waals surface area contributed by atoms with Crippen LogP contribution in [0.2, 0.25) is 0 Å². The van der Waals surface area contributed by atoms with E-state index in [2.05, 4.69) is 53.3 Å². The summed E-state index contributed by atoms with van der Waals surface area (Å²) >= 11 is 6.16. The molecule has 128 valence electrons. The first kappa shape index (κ1) is 19.1. The lowest BCUT2D eigenvalue weighted by molar-refractivity contribution is 0.995. The van der Waals surface area contributed by atoms with Crippen LogP contribution in [0.4, 0.5) is 0 Å². The van der Waals surface area contributed by atoms with Crippen molar-refractivity contribution in [2.75, 3.05) is 0 Å². The van der Waals surface area contributed by atoms with Crippen LogP contribution in [0.25, 0.3) is 0 Å². The van der Waals surface area contributed by atoms with Crippen LogP contribution in [0, 0.1) is 0 Å². The molecular formula is C20H30S3. The molecule has 0 aromatic carbocycles. The summed E-state index contributed by atoms with van der Waals surface area (Å²) in [6.45, 7) is 13.8. The first-order valence-corrected chi connectivity index (χ1v) is 11.5. The average Bonchev–Trinajstić information content (AvgIpc) is 3.10. The molecule has 0 N–H and O–H groups in total. The number of rotatable bonds is 8. The minimum Gasteiger partial charge on any atom is -0.133 e. The van der Waals surface area contributed by atoms with E-state index in [1.807, 2.05) is 22.7 Å². The topological polar surface area (TPSA) is 0 Å². The van der Waals surface area contributed by atoms with Gasteiger partial charge >= 0.3 is 0 Å². The van der Waals surface area contributed by atoms with Crippen LogP contribution >= 0.6 is 34.4 Å². The van der Waals surface area contributed by atoms with E-state index in [4.69, 9.17) is 0 Å². The van der Waals surface area contributed by atoms with Gasteiger partial charge in [0.2, 0.25) is 0 Å². The Bertz CT molecular complexity index is 590.